The van der Waals surface area contributed by atoms with Crippen LogP contribution in [0.1, 0.15) is 35.3 Å². The predicted molar refractivity (Wildman–Crippen MR) is 104 cm³/mol. The average Bonchev–Trinajstić information content (AvgIpc) is 3.44. The van der Waals surface area contributed by atoms with Gasteiger partial charge in [0.2, 0.25) is 0 Å². The Morgan fingerprint density at radius 2 is 2.10 bits per heavy atom. The molecule has 31 heavy (non-hydrogen) atoms. The van der Waals surface area contributed by atoms with Crippen LogP contribution in [-0.2, 0) is 6.18 Å². The lowest BCUT2D eigenvalue weighted by Gasteiger charge is -2.21. The molecule has 2 aliphatic heterocycles. The van der Waals surface area contributed by atoms with Gasteiger partial charge in [0.15, 0.2) is 6.19 Å². The molecule has 3 aromatic rings. The van der Waals surface area contributed by atoms with Gasteiger partial charge >= 0.3 is 6.18 Å². The van der Waals surface area contributed by atoms with Gasteiger partial charge in [0, 0.05) is 17.0 Å². The van der Waals surface area contributed by atoms with Crippen LogP contribution in [0.25, 0.3) is 22.3 Å². The molecule has 2 bridgehead atoms. The molecular formula is C21H17F3N6O. The summed E-state index contributed by atoms with van der Waals surface area (Å²) in [4.78, 5) is 18.2. The van der Waals surface area contributed by atoms with Crippen molar-refractivity contribution in [3.8, 4) is 17.6 Å². The molecule has 5 rings (SSSR count). The monoisotopic (exact) mass is 426 g/mol. The average molecular weight is 426 g/mol. The van der Waals surface area contributed by atoms with Crippen molar-refractivity contribution in [3.63, 3.8) is 0 Å². The number of nitriles is 1. The first-order chi connectivity index (χ1) is 14.8. The van der Waals surface area contributed by atoms with Gasteiger partial charge in [-0.3, -0.25) is 9.89 Å². The molecule has 2 saturated heterocycles. The number of amides is 1. The highest BCUT2D eigenvalue weighted by atomic mass is 19.4. The number of aromatic nitrogens is 3. The molecule has 2 aliphatic rings. The number of alkyl halides is 3. The minimum atomic E-state index is -4.55. The van der Waals surface area contributed by atoms with Crippen molar-refractivity contribution in [3.05, 3.63) is 47.7 Å². The third-order valence-corrected chi connectivity index (χ3v) is 6.08. The molecule has 0 unspecified atom stereocenters. The number of fused-ring (bicyclic) bond motifs is 3. The van der Waals surface area contributed by atoms with Crippen molar-refractivity contribution < 1.29 is 18.0 Å². The van der Waals surface area contributed by atoms with E-state index in [4.69, 9.17) is 0 Å². The molecule has 1 amide bonds. The smallest absolute Gasteiger partial charge is 0.347 e. The molecule has 0 radical (unpaired) electrons. The van der Waals surface area contributed by atoms with E-state index in [-0.39, 0.29) is 35.4 Å². The summed E-state index contributed by atoms with van der Waals surface area (Å²) < 4.78 is 38.9. The Bertz CT molecular complexity index is 1210. The zero-order chi connectivity index (χ0) is 21.8. The fraction of sp³-hybridized carbons (Fsp3) is 0.333. The summed E-state index contributed by atoms with van der Waals surface area (Å²) in [6.45, 7) is 0. The molecular weight excluding hydrogens is 409 g/mol. The number of H-pyrrole nitrogens is 1. The number of hydrogen-bond acceptors (Lipinski definition) is 5. The molecule has 2 N–H and O–H groups in total. The highest BCUT2D eigenvalue weighted by molar-refractivity contribution is 6.00. The van der Waals surface area contributed by atoms with Crippen LogP contribution < -0.4 is 5.32 Å². The largest absolute Gasteiger partial charge is 0.433 e. The van der Waals surface area contributed by atoms with E-state index in [1.54, 1.807) is 23.1 Å². The molecule has 0 spiro atoms. The van der Waals surface area contributed by atoms with Gasteiger partial charge in [0.25, 0.3) is 5.91 Å². The third kappa shape index (κ3) is 3.26. The molecule has 4 heterocycles. The second-order valence-corrected chi connectivity index (χ2v) is 7.86. The number of benzene rings is 1. The van der Waals surface area contributed by atoms with Crippen molar-refractivity contribution in [2.24, 2.45) is 0 Å². The number of hydrogen-bond donors (Lipinski definition) is 2. The molecule has 10 heteroatoms. The van der Waals surface area contributed by atoms with Gasteiger partial charge in [-0.1, -0.05) is 6.07 Å². The van der Waals surface area contributed by atoms with Gasteiger partial charge < -0.3 is 10.2 Å². The van der Waals surface area contributed by atoms with Gasteiger partial charge in [-0.05, 0) is 49.6 Å². The van der Waals surface area contributed by atoms with Crippen molar-refractivity contribution in [1.82, 2.24) is 25.4 Å². The molecule has 158 valence electrons. The van der Waals surface area contributed by atoms with Crippen molar-refractivity contribution in [2.45, 2.75) is 43.6 Å². The summed E-state index contributed by atoms with van der Waals surface area (Å²) in [7, 11) is 0. The maximum atomic E-state index is 13.0. The fourth-order valence-corrected chi connectivity index (χ4v) is 4.63. The van der Waals surface area contributed by atoms with E-state index in [0.717, 1.165) is 25.3 Å². The van der Waals surface area contributed by atoms with Crippen LogP contribution in [-0.4, -0.2) is 44.1 Å². The summed E-state index contributed by atoms with van der Waals surface area (Å²) in [5, 5.41) is 19.7. The van der Waals surface area contributed by atoms with Crippen molar-refractivity contribution in [2.75, 3.05) is 0 Å². The SMILES string of the molecule is N#CN1[C@H]2CC[C@@H]1[C@H](NC(=O)c1ccc3c(-c4cccc(C(F)(F)F)n4)n[nH]c3c1)C2. The topological polar surface area (TPSA) is 97.7 Å². The van der Waals surface area contributed by atoms with Crippen LogP contribution in [0.2, 0.25) is 0 Å². The fourth-order valence-electron chi connectivity index (χ4n) is 4.63. The van der Waals surface area contributed by atoms with Crippen LogP contribution in [0, 0.1) is 11.5 Å². The van der Waals surface area contributed by atoms with Gasteiger partial charge in [-0.2, -0.15) is 23.5 Å². The first kappa shape index (κ1) is 19.4. The van der Waals surface area contributed by atoms with E-state index >= 15 is 0 Å². The van der Waals surface area contributed by atoms with Crippen molar-refractivity contribution >= 4 is 16.8 Å². The van der Waals surface area contributed by atoms with Crippen molar-refractivity contribution in [1.29, 1.82) is 5.26 Å². The highest BCUT2D eigenvalue weighted by Gasteiger charge is 2.46. The lowest BCUT2D eigenvalue weighted by molar-refractivity contribution is -0.141. The van der Waals surface area contributed by atoms with E-state index in [1.807, 2.05) is 0 Å². The van der Waals surface area contributed by atoms with Gasteiger partial charge in [0.1, 0.15) is 11.4 Å². The summed E-state index contributed by atoms with van der Waals surface area (Å²) in [5.41, 5.74) is 0.316. The molecule has 7 nitrogen and oxygen atoms in total. The van der Waals surface area contributed by atoms with Gasteiger partial charge in [-0.15, -0.1) is 0 Å². The minimum Gasteiger partial charge on any atom is -0.347 e. The Kier molecular flexibility index (Phi) is 4.36. The maximum absolute atomic E-state index is 13.0. The summed E-state index contributed by atoms with van der Waals surface area (Å²) >= 11 is 0. The Morgan fingerprint density at radius 1 is 1.26 bits per heavy atom. The number of carbonyl (C=O) groups excluding carboxylic acids is 1. The lowest BCUT2D eigenvalue weighted by atomic mass is 9.95. The number of pyridine rings is 1. The van der Waals surface area contributed by atoms with E-state index < -0.39 is 11.9 Å². The summed E-state index contributed by atoms with van der Waals surface area (Å²) in [5.74, 6) is -0.259. The first-order valence-electron chi connectivity index (χ1n) is 9.87. The maximum Gasteiger partial charge on any atom is 0.433 e. The number of nitrogens with one attached hydrogen (secondary N) is 2. The standard InChI is InChI=1S/C21H17F3N6O/c22-21(23,24)18-3-1-2-14(26-18)19-13-6-4-11(8-15(13)28-29-19)20(31)27-16-9-12-5-7-17(16)30(12)10-25/h1-4,6,8,12,16-17H,5,7,9H2,(H,27,31)(H,28,29)/t12-,16+,17+/m0/s1. The lowest BCUT2D eigenvalue weighted by Crippen LogP contribution is -2.43. The Hall–Kier alpha value is -3.61. The molecule has 2 aromatic heterocycles. The van der Waals surface area contributed by atoms with Crippen LogP contribution in [0.3, 0.4) is 0 Å². The van der Waals surface area contributed by atoms with Crippen LogP contribution in [0.5, 0.6) is 0 Å². The third-order valence-electron chi connectivity index (χ3n) is 6.08. The van der Waals surface area contributed by atoms with E-state index in [0.29, 0.717) is 16.5 Å². The number of halogens is 3. The first-order valence-corrected chi connectivity index (χ1v) is 9.87. The zero-order valence-electron chi connectivity index (χ0n) is 16.1. The van der Waals surface area contributed by atoms with E-state index in [9.17, 15) is 23.2 Å². The molecule has 0 aliphatic carbocycles. The van der Waals surface area contributed by atoms with Gasteiger partial charge in [0.05, 0.1) is 23.3 Å². The highest BCUT2D eigenvalue weighted by Crippen LogP contribution is 2.37. The van der Waals surface area contributed by atoms with Crippen LogP contribution >= 0.6 is 0 Å². The summed E-state index contributed by atoms with van der Waals surface area (Å²) in [6, 6.07) is 8.68. The number of carbonyl (C=O) groups is 1. The van der Waals surface area contributed by atoms with E-state index in [1.165, 1.54) is 12.1 Å². The van der Waals surface area contributed by atoms with Crippen LogP contribution in [0.15, 0.2) is 36.4 Å². The van der Waals surface area contributed by atoms with E-state index in [2.05, 4.69) is 26.7 Å². The molecule has 3 atom stereocenters. The second kappa shape index (κ2) is 6.97. The Morgan fingerprint density at radius 3 is 2.84 bits per heavy atom. The Balaban J connectivity index is 1.39. The molecule has 0 saturated carbocycles. The Labute approximate surface area is 174 Å². The molecule has 2 fully saturated rings. The second-order valence-electron chi connectivity index (χ2n) is 7.86. The number of aromatic amines is 1. The zero-order valence-corrected chi connectivity index (χ0v) is 16.1. The normalized spacial score (nSPS) is 22.6. The van der Waals surface area contributed by atoms with Gasteiger partial charge in [-0.25, -0.2) is 4.98 Å². The predicted octanol–water partition coefficient (Wildman–Crippen LogP) is 3.46. The quantitative estimate of drug-likeness (QED) is 0.625. The van der Waals surface area contributed by atoms with Crippen LogP contribution in [0.4, 0.5) is 13.2 Å². The number of rotatable bonds is 3. The summed E-state index contributed by atoms with van der Waals surface area (Å²) in [6.07, 6.45) is 0.276. The minimum absolute atomic E-state index is 0.0356. The molecule has 1 aromatic carbocycles. The number of nitrogens with zero attached hydrogens (tertiary/aromatic N) is 4.